The summed E-state index contributed by atoms with van der Waals surface area (Å²) >= 11 is 13.9. The summed E-state index contributed by atoms with van der Waals surface area (Å²) in [6, 6.07) is 7.51. The number of benzene rings is 1. The van der Waals surface area contributed by atoms with E-state index in [-0.39, 0.29) is 18.5 Å². The Balaban J connectivity index is 1.61. The Bertz CT molecular complexity index is 1150. The molecule has 1 atom stereocenters. The number of carbonyl (C=O) groups is 3. The average Bonchev–Trinajstić information content (AvgIpc) is 3.37. The topological polar surface area (TPSA) is 82.2 Å². The molecule has 1 saturated heterocycles. The van der Waals surface area contributed by atoms with Crippen LogP contribution < -0.4 is 5.32 Å². The van der Waals surface area contributed by atoms with Gasteiger partial charge in [0.1, 0.15) is 0 Å². The van der Waals surface area contributed by atoms with Gasteiger partial charge in [-0.3, -0.25) is 14.6 Å². The Labute approximate surface area is 218 Å². The lowest BCUT2D eigenvalue weighted by atomic mass is 9.94. The molecule has 2 aromatic rings. The molecular formula is C24H26Cl2N4O4S. The molecule has 0 bridgehead atoms. The zero-order valence-corrected chi connectivity index (χ0v) is 21.8. The number of halogens is 2. The zero-order chi connectivity index (χ0) is 25.1. The number of hydrogen-bond acceptors (Lipinski definition) is 6. The second-order valence-corrected chi connectivity index (χ2v) is 10.0. The summed E-state index contributed by atoms with van der Waals surface area (Å²) in [6.45, 7) is 4.61. The Kier molecular flexibility index (Phi) is 8.01. The van der Waals surface area contributed by atoms with Crippen LogP contribution in [-0.4, -0.2) is 79.0 Å². The lowest BCUT2D eigenvalue weighted by molar-refractivity contribution is -0.139. The van der Waals surface area contributed by atoms with Crippen LogP contribution in [-0.2, 0) is 9.53 Å². The van der Waals surface area contributed by atoms with Crippen molar-refractivity contribution in [3.8, 4) is 0 Å². The maximum Gasteiger partial charge on any atom is 0.338 e. The van der Waals surface area contributed by atoms with Crippen LogP contribution in [0.3, 0.4) is 0 Å². The Morgan fingerprint density at radius 1 is 1.17 bits per heavy atom. The highest BCUT2D eigenvalue weighted by Crippen LogP contribution is 2.36. The second kappa shape index (κ2) is 11.0. The van der Waals surface area contributed by atoms with E-state index in [0.29, 0.717) is 59.6 Å². The van der Waals surface area contributed by atoms with Crippen LogP contribution >= 0.6 is 34.5 Å². The number of amides is 3. The largest absolute Gasteiger partial charge is 0.463 e. The molecule has 3 heterocycles. The van der Waals surface area contributed by atoms with Crippen LogP contribution in [0, 0.1) is 0 Å². The number of nitrogens with one attached hydrogen (secondary N) is 1. The molecule has 0 aliphatic carbocycles. The molecule has 0 radical (unpaired) electrons. The zero-order valence-electron chi connectivity index (χ0n) is 19.4. The fourth-order valence-electron chi connectivity index (χ4n) is 4.24. The first-order chi connectivity index (χ1) is 16.8. The van der Waals surface area contributed by atoms with Crippen LogP contribution in [0.15, 0.2) is 47.0 Å². The van der Waals surface area contributed by atoms with Crippen molar-refractivity contribution in [3.63, 3.8) is 0 Å². The Morgan fingerprint density at radius 2 is 1.91 bits per heavy atom. The molecule has 35 heavy (non-hydrogen) atoms. The maximum absolute atomic E-state index is 13.1. The highest BCUT2D eigenvalue weighted by Gasteiger charge is 2.38. The summed E-state index contributed by atoms with van der Waals surface area (Å²) in [6.07, 6.45) is 0. The molecule has 0 saturated carbocycles. The van der Waals surface area contributed by atoms with Crippen molar-refractivity contribution in [2.75, 3.05) is 46.4 Å². The molecule has 2 aliphatic heterocycles. The number of esters is 1. The lowest BCUT2D eigenvalue weighted by Crippen LogP contribution is -2.53. The van der Waals surface area contributed by atoms with Gasteiger partial charge >= 0.3 is 12.0 Å². The summed E-state index contributed by atoms with van der Waals surface area (Å²) in [5.41, 5.74) is 1.43. The van der Waals surface area contributed by atoms with Crippen molar-refractivity contribution in [2.45, 2.75) is 13.0 Å². The number of hydrogen-bond donors (Lipinski definition) is 1. The number of thiophene rings is 1. The van der Waals surface area contributed by atoms with Crippen LogP contribution in [0.25, 0.3) is 0 Å². The van der Waals surface area contributed by atoms with Crippen LogP contribution in [0.4, 0.5) is 4.79 Å². The molecule has 8 nitrogen and oxygen atoms in total. The van der Waals surface area contributed by atoms with Crippen LogP contribution in [0.2, 0.25) is 10.0 Å². The predicted molar refractivity (Wildman–Crippen MR) is 136 cm³/mol. The Morgan fingerprint density at radius 3 is 2.54 bits per heavy atom. The number of carbonyl (C=O) groups excluding carboxylic acids is 3. The minimum Gasteiger partial charge on any atom is -0.463 e. The first-order valence-electron chi connectivity index (χ1n) is 11.2. The first-order valence-corrected chi connectivity index (χ1v) is 12.9. The highest BCUT2D eigenvalue weighted by atomic mass is 35.5. The van der Waals surface area contributed by atoms with Crippen LogP contribution in [0.5, 0.6) is 0 Å². The van der Waals surface area contributed by atoms with Gasteiger partial charge in [0.05, 0.1) is 23.1 Å². The number of likely N-dealkylation sites (N-methyl/N-ethyl adjacent to an activating group) is 1. The van der Waals surface area contributed by atoms with Crippen molar-refractivity contribution in [1.29, 1.82) is 0 Å². The SMILES string of the molecule is CCOC(=O)C1=C(CN2CCN(C(=O)c3cccs3)CC2)N(C)C(=O)N[C@@H]1c1ccc(Cl)cc1Cl. The van der Waals surface area contributed by atoms with Gasteiger partial charge in [-0.2, -0.15) is 0 Å². The molecule has 3 amide bonds. The quantitative estimate of drug-likeness (QED) is 0.563. The normalized spacial score (nSPS) is 19.1. The van der Waals surface area contributed by atoms with Gasteiger partial charge in [0.2, 0.25) is 0 Å². The second-order valence-electron chi connectivity index (χ2n) is 8.23. The molecule has 4 rings (SSSR count). The van der Waals surface area contributed by atoms with Gasteiger partial charge < -0.3 is 15.0 Å². The van der Waals surface area contributed by atoms with E-state index in [2.05, 4.69) is 10.2 Å². The monoisotopic (exact) mass is 536 g/mol. The fraction of sp³-hybridized carbons (Fsp3) is 0.375. The number of ether oxygens (including phenoxy) is 1. The average molecular weight is 537 g/mol. The fourth-order valence-corrected chi connectivity index (χ4v) is 5.45. The molecular weight excluding hydrogens is 511 g/mol. The summed E-state index contributed by atoms with van der Waals surface area (Å²) in [7, 11) is 1.63. The standard InChI is InChI=1S/C24H26Cl2N4O4S/c1-3-34-23(32)20-18(14-29-8-10-30(11-9-29)22(31)19-5-4-12-35-19)28(2)24(33)27-21(20)16-7-6-15(25)13-17(16)26/h4-7,12-13,21H,3,8-11,14H2,1-2H3,(H,27,33)/t21-/m1/s1. The Hall–Kier alpha value is -2.59. The van der Waals surface area contributed by atoms with E-state index >= 15 is 0 Å². The van der Waals surface area contributed by atoms with Crippen molar-refractivity contribution in [2.24, 2.45) is 0 Å². The lowest BCUT2D eigenvalue weighted by Gasteiger charge is -2.39. The van der Waals surface area contributed by atoms with Gasteiger partial charge in [0.25, 0.3) is 5.91 Å². The number of rotatable bonds is 6. The van der Waals surface area contributed by atoms with Crippen molar-refractivity contribution >= 4 is 52.4 Å². The van der Waals surface area contributed by atoms with E-state index in [1.807, 2.05) is 22.4 Å². The minimum atomic E-state index is -0.779. The van der Waals surface area contributed by atoms with Gasteiger partial charge in [-0.05, 0) is 36.1 Å². The van der Waals surface area contributed by atoms with E-state index in [0.717, 1.165) is 4.88 Å². The number of urea groups is 1. The molecule has 0 unspecified atom stereocenters. The van der Waals surface area contributed by atoms with E-state index in [9.17, 15) is 14.4 Å². The first kappa shape index (κ1) is 25.5. The van der Waals surface area contributed by atoms with Crippen molar-refractivity contribution < 1.29 is 19.1 Å². The maximum atomic E-state index is 13.1. The van der Waals surface area contributed by atoms with Gasteiger partial charge in [-0.15, -0.1) is 11.3 Å². The predicted octanol–water partition coefficient (Wildman–Crippen LogP) is 4.03. The molecule has 0 spiro atoms. The van der Waals surface area contributed by atoms with Gasteiger partial charge in [-0.25, -0.2) is 9.59 Å². The third-order valence-corrected chi connectivity index (χ3v) is 7.53. The van der Waals surface area contributed by atoms with Crippen molar-refractivity contribution in [1.82, 2.24) is 20.0 Å². The van der Waals surface area contributed by atoms with Gasteiger partial charge in [0.15, 0.2) is 0 Å². The van der Waals surface area contributed by atoms with E-state index < -0.39 is 12.0 Å². The highest BCUT2D eigenvalue weighted by molar-refractivity contribution is 7.12. The molecule has 1 N–H and O–H groups in total. The van der Waals surface area contributed by atoms with E-state index in [1.54, 1.807) is 32.2 Å². The number of piperazine rings is 1. The molecule has 186 valence electrons. The van der Waals surface area contributed by atoms with Gasteiger partial charge in [-0.1, -0.05) is 35.3 Å². The summed E-state index contributed by atoms with van der Waals surface area (Å²) in [4.78, 5) is 44.8. The third kappa shape index (κ3) is 5.48. The number of nitrogens with zero attached hydrogens (tertiary/aromatic N) is 3. The third-order valence-electron chi connectivity index (χ3n) is 6.11. The van der Waals surface area contributed by atoms with E-state index in [1.165, 1.54) is 16.2 Å². The molecule has 1 aromatic heterocycles. The summed E-state index contributed by atoms with van der Waals surface area (Å²) < 4.78 is 5.38. The summed E-state index contributed by atoms with van der Waals surface area (Å²) in [5.74, 6) is -0.491. The molecule has 1 aromatic carbocycles. The molecule has 2 aliphatic rings. The smallest absolute Gasteiger partial charge is 0.338 e. The van der Waals surface area contributed by atoms with Crippen LogP contribution in [0.1, 0.15) is 28.2 Å². The minimum absolute atomic E-state index is 0.0256. The van der Waals surface area contributed by atoms with Crippen molar-refractivity contribution in [3.05, 3.63) is 67.5 Å². The molecule has 11 heteroatoms. The van der Waals surface area contributed by atoms with E-state index in [4.69, 9.17) is 27.9 Å². The summed E-state index contributed by atoms with van der Waals surface area (Å²) in [5, 5.41) is 5.55. The molecule has 1 fully saturated rings. The van der Waals surface area contributed by atoms with Gasteiger partial charge in [0, 0.05) is 55.5 Å².